The molecule has 0 unspecified atom stereocenters. The summed E-state index contributed by atoms with van der Waals surface area (Å²) in [5, 5.41) is 3.99. The van der Waals surface area contributed by atoms with E-state index < -0.39 is 11.7 Å². The molecule has 148 valence electrons. The zero-order valence-electron chi connectivity index (χ0n) is 15.3. The minimum Gasteiger partial charge on any atom is -0.378 e. The average Bonchev–Trinajstić information content (AvgIpc) is 3.06. The number of H-pyrrole nitrogens is 1. The Morgan fingerprint density at radius 3 is 2.71 bits per heavy atom. The molecule has 9 heteroatoms. The molecule has 3 heterocycles. The normalized spacial score (nSPS) is 15.2. The second kappa shape index (κ2) is 7.31. The summed E-state index contributed by atoms with van der Waals surface area (Å²) in [6, 6.07) is 7.21. The monoisotopic (exact) mass is 391 g/mol. The molecule has 0 bridgehead atoms. The minimum absolute atomic E-state index is 0.225. The zero-order valence-corrected chi connectivity index (χ0v) is 15.3. The van der Waals surface area contributed by atoms with Crippen molar-refractivity contribution in [3.8, 4) is 0 Å². The van der Waals surface area contributed by atoms with Crippen LogP contribution in [0.2, 0.25) is 0 Å². The van der Waals surface area contributed by atoms with Crippen LogP contribution in [0.25, 0.3) is 11.0 Å². The van der Waals surface area contributed by atoms with Gasteiger partial charge in [0.1, 0.15) is 11.5 Å². The number of alkyl halides is 3. The molecule has 2 N–H and O–H groups in total. The van der Waals surface area contributed by atoms with Gasteiger partial charge in [-0.25, -0.2) is 0 Å². The van der Waals surface area contributed by atoms with Crippen molar-refractivity contribution in [3.63, 3.8) is 0 Å². The topological polar surface area (TPSA) is 66.1 Å². The largest absolute Gasteiger partial charge is 0.416 e. The Bertz CT molecular complexity index is 979. The second-order valence-corrected chi connectivity index (χ2v) is 6.74. The van der Waals surface area contributed by atoms with Crippen LogP contribution in [0.5, 0.6) is 0 Å². The Hall–Kier alpha value is -2.81. The standard InChI is InChI=1S/C19H20F3N5O/c1-12-9-15-16(23-11-13-3-2-4-14(10-13)19(20,21)22)25-18(26-17(15)24-12)27-5-7-28-8-6-27/h2-4,9-10H,5-8,11H2,1H3,(H2,23,24,25,26). The van der Waals surface area contributed by atoms with Crippen molar-refractivity contribution in [2.24, 2.45) is 0 Å². The molecule has 0 amide bonds. The molecule has 1 aliphatic heterocycles. The van der Waals surface area contributed by atoms with Gasteiger partial charge < -0.3 is 19.9 Å². The van der Waals surface area contributed by atoms with E-state index in [0.29, 0.717) is 49.3 Å². The first-order valence-electron chi connectivity index (χ1n) is 9.00. The third-order valence-electron chi connectivity index (χ3n) is 4.62. The van der Waals surface area contributed by atoms with Crippen LogP contribution in [-0.2, 0) is 17.5 Å². The molecule has 2 aromatic heterocycles. The number of rotatable bonds is 4. The van der Waals surface area contributed by atoms with Crippen molar-refractivity contribution >= 4 is 22.8 Å². The number of ether oxygens (including phenoxy) is 1. The van der Waals surface area contributed by atoms with Crippen molar-refractivity contribution in [1.82, 2.24) is 15.0 Å². The highest BCUT2D eigenvalue weighted by Crippen LogP contribution is 2.30. The van der Waals surface area contributed by atoms with Crippen LogP contribution in [0, 0.1) is 6.92 Å². The quantitative estimate of drug-likeness (QED) is 0.709. The van der Waals surface area contributed by atoms with E-state index in [2.05, 4.69) is 20.3 Å². The van der Waals surface area contributed by atoms with E-state index in [4.69, 9.17) is 4.74 Å². The first kappa shape index (κ1) is 18.5. The third kappa shape index (κ3) is 3.89. The first-order valence-corrected chi connectivity index (χ1v) is 9.00. The van der Waals surface area contributed by atoms with Crippen LogP contribution in [-0.4, -0.2) is 41.3 Å². The molecule has 1 fully saturated rings. The van der Waals surface area contributed by atoms with Gasteiger partial charge in [-0.1, -0.05) is 12.1 Å². The number of aromatic amines is 1. The summed E-state index contributed by atoms with van der Waals surface area (Å²) in [7, 11) is 0. The Labute approximate surface area is 159 Å². The van der Waals surface area contributed by atoms with Crippen molar-refractivity contribution in [2.75, 3.05) is 36.5 Å². The molecule has 0 spiro atoms. The highest BCUT2D eigenvalue weighted by Gasteiger charge is 2.30. The number of anilines is 2. The molecular weight excluding hydrogens is 371 g/mol. The number of aryl methyl sites for hydroxylation is 1. The number of halogens is 3. The van der Waals surface area contributed by atoms with Crippen molar-refractivity contribution in [2.45, 2.75) is 19.6 Å². The van der Waals surface area contributed by atoms with Gasteiger partial charge in [0.25, 0.3) is 0 Å². The van der Waals surface area contributed by atoms with Gasteiger partial charge in [0.05, 0.1) is 24.2 Å². The molecule has 28 heavy (non-hydrogen) atoms. The van der Waals surface area contributed by atoms with Crippen LogP contribution in [0.4, 0.5) is 24.9 Å². The molecule has 1 aromatic carbocycles. The van der Waals surface area contributed by atoms with Crippen molar-refractivity contribution in [1.29, 1.82) is 0 Å². The molecule has 1 aliphatic rings. The summed E-state index contributed by atoms with van der Waals surface area (Å²) in [6.45, 7) is 4.75. The lowest BCUT2D eigenvalue weighted by molar-refractivity contribution is -0.137. The van der Waals surface area contributed by atoms with Crippen LogP contribution in [0.1, 0.15) is 16.8 Å². The summed E-state index contributed by atoms with van der Waals surface area (Å²) in [5.41, 5.74) is 1.50. The number of fused-ring (bicyclic) bond motifs is 1. The van der Waals surface area contributed by atoms with Crippen LogP contribution < -0.4 is 10.2 Å². The molecule has 0 radical (unpaired) electrons. The van der Waals surface area contributed by atoms with Gasteiger partial charge in [-0.15, -0.1) is 0 Å². The number of aromatic nitrogens is 3. The fourth-order valence-corrected chi connectivity index (χ4v) is 3.21. The maximum Gasteiger partial charge on any atom is 0.416 e. The molecule has 0 atom stereocenters. The van der Waals surface area contributed by atoms with E-state index in [-0.39, 0.29) is 6.54 Å². The van der Waals surface area contributed by atoms with E-state index >= 15 is 0 Å². The number of benzene rings is 1. The molecule has 0 aliphatic carbocycles. The van der Waals surface area contributed by atoms with Crippen LogP contribution in [0.3, 0.4) is 0 Å². The summed E-state index contributed by atoms with van der Waals surface area (Å²) in [6.07, 6.45) is -4.36. The van der Waals surface area contributed by atoms with Crippen molar-refractivity contribution < 1.29 is 17.9 Å². The molecule has 3 aromatic rings. The molecule has 1 saturated heterocycles. The molecular formula is C19H20F3N5O. The summed E-state index contributed by atoms with van der Waals surface area (Å²) in [4.78, 5) is 14.5. The van der Waals surface area contributed by atoms with Gasteiger partial charge in [0.2, 0.25) is 5.95 Å². The number of nitrogens with one attached hydrogen (secondary N) is 2. The Kier molecular flexibility index (Phi) is 4.84. The van der Waals surface area contributed by atoms with Gasteiger partial charge in [-0.05, 0) is 30.7 Å². The summed E-state index contributed by atoms with van der Waals surface area (Å²) >= 11 is 0. The lowest BCUT2D eigenvalue weighted by Gasteiger charge is -2.27. The first-order chi connectivity index (χ1) is 13.4. The average molecular weight is 391 g/mol. The predicted octanol–water partition coefficient (Wildman–Crippen LogP) is 3.73. The SMILES string of the molecule is Cc1cc2c(NCc3cccc(C(F)(F)F)c3)nc(N3CCOCC3)nc2[nH]1. The highest BCUT2D eigenvalue weighted by molar-refractivity contribution is 5.89. The maximum atomic E-state index is 12.9. The van der Waals surface area contributed by atoms with E-state index in [1.807, 2.05) is 17.9 Å². The van der Waals surface area contributed by atoms with E-state index in [1.54, 1.807) is 6.07 Å². The highest BCUT2D eigenvalue weighted by atomic mass is 19.4. The Morgan fingerprint density at radius 2 is 1.96 bits per heavy atom. The second-order valence-electron chi connectivity index (χ2n) is 6.74. The van der Waals surface area contributed by atoms with E-state index in [0.717, 1.165) is 23.2 Å². The number of nitrogens with zero attached hydrogens (tertiary/aromatic N) is 3. The fraction of sp³-hybridized carbons (Fsp3) is 0.368. The third-order valence-corrected chi connectivity index (χ3v) is 4.62. The minimum atomic E-state index is -4.36. The van der Waals surface area contributed by atoms with E-state index in [1.165, 1.54) is 6.07 Å². The number of hydrogen-bond donors (Lipinski definition) is 2. The van der Waals surface area contributed by atoms with E-state index in [9.17, 15) is 13.2 Å². The Morgan fingerprint density at radius 1 is 1.18 bits per heavy atom. The van der Waals surface area contributed by atoms with Gasteiger partial charge in [-0.2, -0.15) is 23.1 Å². The molecule has 0 saturated carbocycles. The smallest absolute Gasteiger partial charge is 0.378 e. The fourth-order valence-electron chi connectivity index (χ4n) is 3.21. The van der Waals surface area contributed by atoms with Crippen molar-refractivity contribution in [3.05, 3.63) is 47.2 Å². The lowest BCUT2D eigenvalue weighted by atomic mass is 10.1. The number of morpholine rings is 1. The maximum absolute atomic E-state index is 12.9. The predicted molar refractivity (Wildman–Crippen MR) is 100 cm³/mol. The van der Waals surface area contributed by atoms with Crippen LogP contribution >= 0.6 is 0 Å². The summed E-state index contributed by atoms with van der Waals surface area (Å²) < 4.78 is 44.2. The van der Waals surface area contributed by atoms with Gasteiger partial charge in [-0.3, -0.25) is 0 Å². The van der Waals surface area contributed by atoms with Crippen LogP contribution in [0.15, 0.2) is 30.3 Å². The van der Waals surface area contributed by atoms with Gasteiger partial charge >= 0.3 is 6.18 Å². The zero-order chi connectivity index (χ0) is 19.7. The Balaban J connectivity index is 1.62. The lowest BCUT2D eigenvalue weighted by Crippen LogP contribution is -2.37. The molecule has 4 rings (SSSR count). The molecule has 6 nitrogen and oxygen atoms in total. The number of hydrogen-bond acceptors (Lipinski definition) is 5. The van der Waals surface area contributed by atoms with Gasteiger partial charge in [0.15, 0.2) is 0 Å². The van der Waals surface area contributed by atoms with Gasteiger partial charge in [0, 0.05) is 25.3 Å². The summed E-state index contributed by atoms with van der Waals surface area (Å²) in [5.74, 6) is 1.16.